The Morgan fingerprint density at radius 1 is 0.409 bits per heavy atom. The first kappa shape index (κ1) is 45.3. The number of carbonyl (C=O) groups excluding carboxylic acids is 2. The van der Waals surface area contributed by atoms with E-state index in [9.17, 15) is 9.59 Å². The van der Waals surface area contributed by atoms with Crippen LogP contribution in [0.4, 0.5) is 0 Å². The highest BCUT2D eigenvalue weighted by molar-refractivity contribution is 5.85. The number of unbranched alkanes of at least 4 members (excludes halogenated alkanes) is 28. The van der Waals surface area contributed by atoms with Crippen molar-refractivity contribution in [2.45, 2.75) is 232 Å². The molecule has 0 amide bonds. The number of halogens is 1. The minimum atomic E-state index is -1.68. The van der Waals surface area contributed by atoms with Gasteiger partial charge in [-0.15, -0.1) is 12.4 Å². The summed E-state index contributed by atoms with van der Waals surface area (Å²) >= 11 is 0. The summed E-state index contributed by atoms with van der Waals surface area (Å²) in [5.74, 6) is -2.46. The van der Waals surface area contributed by atoms with E-state index in [0.717, 1.165) is 38.5 Å². The smallest absolute Gasteiger partial charge is 0.312 e. The van der Waals surface area contributed by atoms with Crippen molar-refractivity contribution in [3.8, 4) is 0 Å². The van der Waals surface area contributed by atoms with Gasteiger partial charge in [-0.25, -0.2) is 0 Å². The van der Waals surface area contributed by atoms with Crippen LogP contribution in [0.2, 0.25) is 0 Å². The van der Waals surface area contributed by atoms with Gasteiger partial charge in [-0.1, -0.05) is 194 Å². The van der Waals surface area contributed by atoms with Crippen LogP contribution in [0.5, 0.6) is 0 Å². The van der Waals surface area contributed by atoms with Gasteiger partial charge in [-0.05, 0) is 12.8 Å². The second-order valence-corrected chi connectivity index (χ2v) is 13.4. The number of hydrogen-bond acceptors (Lipinski definition) is 5. The molecule has 0 aromatic heterocycles. The number of hydrogen-bond donors (Lipinski definition) is 1. The van der Waals surface area contributed by atoms with Gasteiger partial charge in [0.2, 0.25) is 0 Å². The number of ether oxygens (including phenoxy) is 2. The zero-order chi connectivity index (χ0) is 31.7. The molecule has 5 nitrogen and oxygen atoms in total. The van der Waals surface area contributed by atoms with E-state index in [4.69, 9.17) is 15.2 Å². The molecule has 6 heteroatoms. The van der Waals surface area contributed by atoms with Crippen molar-refractivity contribution in [1.29, 1.82) is 0 Å². The molecule has 0 unspecified atom stereocenters. The summed E-state index contributed by atoms with van der Waals surface area (Å²) in [4.78, 5) is 24.4. The maximum Gasteiger partial charge on any atom is 0.312 e. The molecule has 0 rings (SSSR count). The van der Waals surface area contributed by atoms with Gasteiger partial charge < -0.3 is 9.47 Å². The molecule has 0 saturated heterocycles. The van der Waals surface area contributed by atoms with Gasteiger partial charge in [0.15, 0.2) is 0 Å². The van der Waals surface area contributed by atoms with E-state index in [0.29, 0.717) is 12.8 Å². The van der Waals surface area contributed by atoms with E-state index in [-0.39, 0.29) is 24.3 Å². The van der Waals surface area contributed by atoms with Crippen LogP contribution in [0.1, 0.15) is 226 Å². The number of nitrogens with two attached hydrogens (primary N) is 1. The average molecular weight is 646 g/mol. The fraction of sp³-hybridized carbons (Fsp3) is 0.947. The Kier molecular flexibility index (Phi) is 36.1. The summed E-state index contributed by atoms with van der Waals surface area (Å²) in [6, 6.07) is 0. The zero-order valence-electron chi connectivity index (χ0n) is 29.7. The van der Waals surface area contributed by atoms with Crippen molar-refractivity contribution >= 4 is 24.3 Å². The van der Waals surface area contributed by atoms with Crippen molar-refractivity contribution in [1.82, 2.24) is 0 Å². The van der Waals surface area contributed by atoms with Crippen molar-refractivity contribution in [2.75, 3.05) is 0 Å². The number of esters is 2. The third kappa shape index (κ3) is 35.7. The fourth-order valence-electron chi connectivity index (χ4n) is 5.86. The predicted octanol–water partition coefficient (Wildman–Crippen LogP) is 12.6. The van der Waals surface area contributed by atoms with Crippen LogP contribution in [-0.4, -0.2) is 17.8 Å². The molecule has 0 aromatic carbocycles. The Balaban J connectivity index is 0. The van der Waals surface area contributed by atoms with Gasteiger partial charge in [0, 0.05) is 19.8 Å². The summed E-state index contributed by atoms with van der Waals surface area (Å²) in [5.41, 5.74) is 5.94. The standard InChI is InChI=1S/C38H75NO4.ClH/c1-4-6-8-10-12-14-16-18-20-22-24-26-28-30-32-34-36(40)42-38(3,39)43-37(41)35-33-31-29-27-25-23-21-19-17-15-13-11-9-7-5-2;/h4-35,39H2,1-3H3;1H. The largest absolute Gasteiger partial charge is 0.409 e. The van der Waals surface area contributed by atoms with E-state index in [1.807, 2.05) is 0 Å². The van der Waals surface area contributed by atoms with E-state index in [1.54, 1.807) is 0 Å². The van der Waals surface area contributed by atoms with Crippen molar-refractivity contribution in [3.05, 3.63) is 0 Å². The Morgan fingerprint density at radius 3 is 0.795 bits per heavy atom. The predicted molar refractivity (Wildman–Crippen MR) is 191 cm³/mol. The first-order valence-corrected chi connectivity index (χ1v) is 19.1. The van der Waals surface area contributed by atoms with E-state index >= 15 is 0 Å². The quantitative estimate of drug-likeness (QED) is 0.0428. The number of rotatable bonds is 34. The lowest BCUT2D eigenvalue weighted by molar-refractivity contribution is -0.220. The first-order chi connectivity index (χ1) is 20.9. The van der Waals surface area contributed by atoms with Gasteiger partial charge in [0.1, 0.15) is 0 Å². The molecule has 0 heterocycles. The van der Waals surface area contributed by atoms with Gasteiger partial charge in [0.05, 0.1) is 0 Å². The molecular weight excluding hydrogens is 570 g/mol. The van der Waals surface area contributed by atoms with E-state index < -0.39 is 5.91 Å². The molecular formula is C38H76ClNO4. The molecule has 0 aliphatic rings. The maximum absolute atomic E-state index is 12.2. The summed E-state index contributed by atoms with van der Waals surface area (Å²) in [6.07, 6.45) is 39.2. The Morgan fingerprint density at radius 2 is 0.591 bits per heavy atom. The lowest BCUT2D eigenvalue weighted by atomic mass is 10.0. The van der Waals surface area contributed by atoms with Crippen LogP contribution >= 0.6 is 12.4 Å². The monoisotopic (exact) mass is 646 g/mol. The van der Waals surface area contributed by atoms with Crippen LogP contribution < -0.4 is 5.73 Å². The van der Waals surface area contributed by atoms with Gasteiger partial charge in [-0.2, -0.15) is 0 Å². The molecule has 0 atom stereocenters. The molecule has 264 valence electrons. The van der Waals surface area contributed by atoms with Gasteiger partial charge in [0.25, 0.3) is 0 Å². The highest BCUT2D eigenvalue weighted by Gasteiger charge is 2.27. The second-order valence-electron chi connectivity index (χ2n) is 13.4. The third-order valence-corrected chi connectivity index (χ3v) is 8.60. The maximum atomic E-state index is 12.2. The lowest BCUT2D eigenvalue weighted by Crippen LogP contribution is -2.45. The Bertz CT molecular complexity index is 564. The average Bonchev–Trinajstić information content (AvgIpc) is 2.96. The van der Waals surface area contributed by atoms with E-state index in [2.05, 4.69) is 13.8 Å². The number of carbonyl (C=O) groups is 2. The molecule has 0 aliphatic heterocycles. The summed E-state index contributed by atoms with van der Waals surface area (Å²) < 4.78 is 10.5. The highest BCUT2D eigenvalue weighted by Crippen LogP contribution is 2.17. The zero-order valence-corrected chi connectivity index (χ0v) is 30.6. The van der Waals surface area contributed by atoms with Crippen LogP contribution in [0.3, 0.4) is 0 Å². The van der Waals surface area contributed by atoms with Crippen LogP contribution in [0, 0.1) is 0 Å². The van der Waals surface area contributed by atoms with Gasteiger partial charge >= 0.3 is 17.8 Å². The van der Waals surface area contributed by atoms with Gasteiger partial charge in [-0.3, -0.25) is 15.3 Å². The molecule has 0 bridgehead atoms. The molecule has 0 radical (unpaired) electrons. The SMILES string of the molecule is CCCCCCCCCCCCCCCCCC(=O)OC(C)(N)OC(=O)CCCCCCCCCCCCCCCCC.Cl. The molecule has 2 N–H and O–H groups in total. The summed E-state index contributed by atoms with van der Waals surface area (Å²) in [5, 5.41) is 0. The fourth-order valence-corrected chi connectivity index (χ4v) is 5.86. The van der Waals surface area contributed by atoms with Crippen molar-refractivity contribution in [2.24, 2.45) is 5.73 Å². The molecule has 0 aromatic rings. The van der Waals surface area contributed by atoms with Crippen LogP contribution in [0.25, 0.3) is 0 Å². The van der Waals surface area contributed by atoms with Crippen LogP contribution in [-0.2, 0) is 19.1 Å². The second kappa shape index (κ2) is 35.1. The normalized spacial score (nSPS) is 11.4. The summed E-state index contributed by atoms with van der Waals surface area (Å²) in [6.45, 7) is 5.99. The van der Waals surface area contributed by atoms with Crippen molar-refractivity contribution in [3.63, 3.8) is 0 Å². The molecule has 0 spiro atoms. The first-order valence-electron chi connectivity index (χ1n) is 19.1. The topological polar surface area (TPSA) is 78.6 Å². The molecule has 0 aliphatic carbocycles. The minimum Gasteiger partial charge on any atom is -0.409 e. The Hall–Kier alpha value is -0.810. The van der Waals surface area contributed by atoms with Crippen molar-refractivity contribution < 1.29 is 19.1 Å². The third-order valence-electron chi connectivity index (χ3n) is 8.60. The summed E-state index contributed by atoms with van der Waals surface area (Å²) in [7, 11) is 0. The van der Waals surface area contributed by atoms with Crippen LogP contribution in [0.15, 0.2) is 0 Å². The highest BCUT2D eigenvalue weighted by atomic mass is 35.5. The van der Waals surface area contributed by atoms with E-state index in [1.165, 1.54) is 161 Å². The Labute approximate surface area is 280 Å². The molecule has 0 fully saturated rings. The molecule has 44 heavy (non-hydrogen) atoms. The molecule has 0 saturated carbocycles. The minimum absolute atomic E-state index is 0. The lowest BCUT2D eigenvalue weighted by Gasteiger charge is -2.24.